The molecule has 90 valence electrons. The first-order valence-corrected chi connectivity index (χ1v) is 5.12. The molecule has 0 unspecified atom stereocenters. The summed E-state index contributed by atoms with van der Waals surface area (Å²) in [5, 5.41) is 10.8. The molecule has 0 spiro atoms. The zero-order chi connectivity index (χ0) is 12.6. The van der Waals surface area contributed by atoms with Crippen molar-refractivity contribution in [2.75, 3.05) is 14.1 Å². The third kappa shape index (κ3) is 2.12. The van der Waals surface area contributed by atoms with Crippen molar-refractivity contribution in [3.05, 3.63) is 39.9 Å². The number of ether oxygens (including phenoxy) is 1. The number of carbonyl (C=O) groups excluding carboxylic acids is 1. The highest BCUT2D eigenvalue weighted by atomic mass is 16.6. The lowest BCUT2D eigenvalue weighted by molar-refractivity contribution is -0.385. The Hall–Kier alpha value is -1.95. The van der Waals surface area contributed by atoms with Crippen molar-refractivity contribution >= 4 is 11.6 Å². The summed E-state index contributed by atoms with van der Waals surface area (Å²) in [6, 6.07) is 6.31. The average Bonchev–Trinajstić information content (AvgIpc) is 3.07. The molecule has 0 aliphatic carbocycles. The van der Waals surface area contributed by atoms with Gasteiger partial charge in [0.2, 0.25) is 0 Å². The van der Waals surface area contributed by atoms with Gasteiger partial charge in [-0.15, -0.1) is 0 Å². The predicted molar refractivity (Wildman–Crippen MR) is 59.4 cm³/mol. The van der Waals surface area contributed by atoms with Crippen LogP contribution in [0.1, 0.15) is 11.7 Å². The number of rotatable bonds is 3. The molecule has 1 fully saturated rings. The second-order valence-corrected chi connectivity index (χ2v) is 4.03. The van der Waals surface area contributed by atoms with Crippen LogP contribution in [0.2, 0.25) is 0 Å². The number of nitrogens with zero attached hydrogens (tertiary/aromatic N) is 2. The van der Waals surface area contributed by atoms with E-state index < -0.39 is 17.1 Å². The molecule has 1 aliphatic rings. The quantitative estimate of drug-likeness (QED) is 0.447. The number of amides is 1. The Labute approximate surface area is 97.9 Å². The molecule has 6 nitrogen and oxygen atoms in total. The zero-order valence-electron chi connectivity index (χ0n) is 9.49. The number of nitro groups is 1. The smallest absolute Gasteiger partial charge is 0.275 e. The Kier molecular flexibility index (Phi) is 2.81. The van der Waals surface area contributed by atoms with Crippen LogP contribution in [0.4, 0.5) is 5.69 Å². The van der Waals surface area contributed by atoms with Crippen LogP contribution in [-0.4, -0.2) is 35.9 Å². The third-order valence-corrected chi connectivity index (χ3v) is 2.62. The molecule has 0 N–H and O–H groups in total. The molecule has 0 saturated carbocycles. The van der Waals surface area contributed by atoms with Crippen molar-refractivity contribution in [3.63, 3.8) is 0 Å². The van der Waals surface area contributed by atoms with Gasteiger partial charge in [-0.05, 0) is 6.07 Å². The van der Waals surface area contributed by atoms with Gasteiger partial charge < -0.3 is 9.64 Å². The van der Waals surface area contributed by atoms with E-state index in [1.165, 1.54) is 11.0 Å². The molecule has 2 rings (SSSR count). The lowest BCUT2D eigenvalue weighted by Gasteiger charge is -2.06. The van der Waals surface area contributed by atoms with Crippen LogP contribution in [0.25, 0.3) is 0 Å². The van der Waals surface area contributed by atoms with Crippen LogP contribution in [0.5, 0.6) is 0 Å². The minimum Gasteiger partial charge on any atom is -0.354 e. The second kappa shape index (κ2) is 4.14. The summed E-state index contributed by atoms with van der Waals surface area (Å²) in [6.45, 7) is 0. The molecule has 0 aromatic heterocycles. The van der Waals surface area contributed by atoms with Crippen LogP contribution in [0, 0.1) is 10.1 Å². The van der Waals surface area contributed by atoms with Gasteiger partial charge in [-0.2, -0.15) is 0 Å². The highest BCUT2D eigenvalue weighted by Crippen LogP contribution is 2.43. The topological polar surface area (TPSA) is 76.0 Å². The summed E-state index contributed by atoms with van der Waals surface area (Å²) < 4.78 is 5.22. The highest BCUT2D eigenvalue weighted by molar-refractivity contribution is 5.84. The Balaban J connectivity index is 2.21. The van der Waals surface area contributed by atoms with Gasteiger partial charge in [-0.1, -0.05) is 12.1 Å². The number of hydrogen-bond donors (Lipinski definition) is 0. The van der Waals surface area contributed by atoms with Crippen LogP contribution < -0.4 is 0 Å². The summed E-state index contributed by atoms with van der Waals surface area (Å²) in [4.78, 5) is 23.4. The van der Waals surface area contributed by atoms with E-state index in [1.54, 1.807) is 32.3 Å². The second-order valence-electron chi connectivity index (χ2n) is 4.03. The average molecular weight is 236 g/mol. The molecular formula is C11H12N2O4. The van der Waals surface area contributed by atoms with Crippen molar-refractivity contribution < 1.29 is 14.5 Å². The molecule has 1 saturated heterocycles. The molecule has 0 radical (unpaired) electrons. The van der Waals surface area contributed by atoms with Crippen LogP contribution in [-0.2, 0) is 9.53 Å². The van der Waals surface area contributed by atoms with E-state index in [2.05, 4.69) is 0 Å². The van der Waals surface area contributed by atoms with Gasteiger partial charge in [0.1, 0.15) is 6.10 Å². The van der Waals surface area contributed by atoms with Gasteiger partial charge >= 0.3 is 0 Å². The van der Waals surface area contributed by atoms with Crippen molar-refractivity contribution in [2.45, 2.75) is 12.2 Å². The highest BCUT2D eigenvalue weighted by Gasteiger charge is 2.49. The number of nitro benzene ring substituents is 1. The first-order chi connectivity index (χ1) is 8.02. The zero-order valence-corrected chi connectivity index (χ0v) is 9.49. The Bertz CT molecular complexity index is 472. The summed E-state index contributed by atoms with van der Waals surface area (Å²) in [5.41, 5.74) is 0.448. The summed E-state index contributed by atoms with van der Waals surface area (Å²) in [6.07, 6.45) is -1.09. The summed E-state index contributed by atoms with van der Waals surface area (Å²) in [7, 11) is 3.25. The van der Waals surface area contributed by atoms with Crippen molar-refractivity contribution in [1.29, 1.82) is 0 Å². The molecule has 1 aromatic carbocycles. The van der Waals surface area contributed by atoms with Gasteiger partial charge in [-0.25, -0.2) is 0 Å². The van der Waals surface area contributed by atoms with Crippen molar-refractivity contribution in [1.82, 2.24) is 4.90 Å². The number of benzene rings is 1. The fourth-order valence-corrected chi connectivity index (χ4v) is 1.69. The fraction of sp³-hybridized carbons (Fsp3) is 0.364. The fourth-order valence-electron chi connectivity index (χ4n) is 1.69. The summed E-state index contributed by atoms with van der Waals surface area (Å²) in [5.74, 6) is -0.173. The first-order valence-electron chi connectivity index (χ1n) is 5.12. The Morgan fingerprint density at radius 2 is 2.06 bits per heavy atom. The minimum atomic E-state index is -0.592. The van der Waals surface area contributed by atoms with E-state index in [0.29, 0.717) is 5.56 Å². The molecule has 1 heterocycles. The van der Waals surface area contributed by atoms with Gasteiger partial charge in [0.15, 0.2) is 6.10 Å². The molecule has 1 aliphatic heterocycles. The maximum absolute atomic E-state index is 11.6. The third-order valence-electron chi connectivity index (χ3n) is 2.62. The lowest BCUT2D eigenvalue weighted by Crippen LogP contribution is -2.26. The minimum absolute atomic E-state index is 0.00782. The molecule has 0 bridgehead atoms. The number of para-hydroxylation sites is 1. The van der Waals surface area contributed by atoms with Gasteiger partial charge in [0.25, 0.3) is 11.6 Å². The largest absolute Gasteiger partial charge is 0.354 e. The maximum Gasteiger partial charge on any atom is 0.275 e. The number of carbonyl (C=O) groups is 1. The lowest BCUT2D eigenvalue weighted by atomic mass is 10.1. The van der Waals surface area contributed by atoms with Gasteiger partial charge in [0.05, 0.1) is 10.5 Å². The SMILES string of the molecule is CN(C)C(=O)[C@H]1O[C@H]1c1ccccc1[N+](=O)[O-]. The Morgan fingerprint density at radius 1 is 1.41 bits per heavy atom. The molecule has 17 heavy (non-hydrogen) atoms. The van der Waals surface area contributed by atoms with E-state index in [1.807, 2.05) is 0 Å². The molecule has 1 aromatic rings. The maximum atomic E-state index is 11.6. The van der Waals surface area contributed by atoms with Gasteiger partial charge in [0, 0.05) is 20.2 Å². The van der Waals surface area contributed by atoms with Crippen LogP contribution >= 0.6 is 0 Å². The Morgan fingerprint density at radius 3 is 2.65 bits per heavy atom. The van der Waals surface area contributed by atoms with E-state index in [0.717, 1.165) is 0 Å². The number of epoxide rings is 1. The summed E-state index contributed by atoms with van der Waals surface area (Å²) >= 11 is 0. The molecule has 1 amide bonds. The standard InChI is InChI=1S/C11H12N2O4/c1-12(2)11(14)10-9(17-10)7-5-3-4-6-8(7)13(15)16/h3-6,9-10H,1-2H3/t9-,10-/m0/s1. The van der Waals surface area contributed by atoms with Gasteiger partial charge in [-0.3, -0.25) is 14.9 Å². The van der Waals surface area contributed by atoms with Crippen molar-refractivity contribution in [2.24, 2.45) is 0 Å². The first kappa shape index (κ1) is 11.5. The van der Waals surface area contributed by atoms with Crippen molar-refractivity contribution in [3.8, 4) is 0 Å². The van der Waals surface area contributed by atoms with E-state index in [4.69, 9.17) is 4.74 Å². The monoisotopic (exact) mass is 236 g/mol. The predicted octanol–water partition coefficient (Wildman–Crippen LogP) is 1.12. The van der Waals surface area contributed by atoms with E-state index in [9.17, 15) is 14.9 Å². The normalized spacial score (nSPS) is 22.0. The van der Waals surface area contributed by atoms with Crippen LogP contribution in [0.15, 0.2) is 24.3 Å². The van der Waals surface area contributed by atoms with E-state index in [-0.39, 0.29) is 11.6 Å². The molecule has 6 heteroatoms. The molecular weight excluding hydrogens is 224 g/mol. The number of likely N-dealkylation sites (N-methyl/N-ethyl adjacent to an activating group) is 1. The number of hydrogen-bond acceptors (Lipinski definition) is 4. The van der Waals surface area contributed by atoms with Crippen LogP contribution in [0.3, 0.4) is 0 Å². The van der Waals surface area contributed by atoms with E-state index >= 15 is 0 Å². The molecule has 2 atom stereocenters.